The zero-order valence-corrected chi connectivity index (χ0v) is 10.3. The van der Waals surface area contributed by atoms with E-state index in [0.29, 0.717) is 18.1 Å². The summed E-state index contributed by atoms with van der Waals surface area (Å²) in [4.78, 5) is 11.9. The van der Waals surface area contributed by atoms with Gasteiger partial charge in [-0.2, -0.15) is 0 Å². The predicted octanol–water partition coefficient (Wildman–Crippen LogP) is 3.61. The van der Waals surface area contributed by atoms with Gasteiger partial charge in [-0.1, -0.05) is 37.5 Å². The molecule has 2 rings (SSSR count). The first-order chi connectivity index (χ1) is 7.66. The van der Waals surface area contributed by atoms with E-state index in [9.17, 15) is 4.79 Å². The third-order valence-corrected chi connectivity index (χ3v) is 3.76. The number of benzene rings is 1. The van der Waals surface area contributed by atoms with Crippen LogP contribution in [0.1, 0.15) is 42.4 Å². The highest BCUT2D eigenvalue weighted by Crippen LogP contribution is 2.30. The Bertz CT molecular complexity index is 368. The molecule has 0 N–H and O–H groups in total. The van der Waals surface area contributed by atoms with Crippen molar-refractivity contribution in [3.8, 4) is 0 Å². The Balaban J connectivity index is 1.99. The zero-order valence-electron chi connectivity index (χ0n) is 10.3. The molecule has 0 amide bonds. The molecule has 86 valence electrons. The molecule has 0 spiro atoms. The second kappa shape index (κ2) is 4.82. The van der Waals surface area contributed by atoms with Crippen molar-refractivity contribution < 1.29 is 4.79 Å². The van der Waals surface area contributed by atoms with Gasteiger partial charge in [-0.05, 0) is 36.5 Å². The van der Waals surface area contributed by atoms with E-state index in [1.165, 1.54) is 36.0 Å². The Hall–Kier alpha value is -1.11. The summed E-state index contributed by atoms with van der Waals surface area (Å²) in [6.07, 6.45) is 5.28. The van der Waals surface area contributed by atoms with Gasteiger partial charge in [0.25, 0.3) is 0 Å². The Morgan fingerprint density at radius 1 is 1.25 bits per heavy atom. The van der Waals surface area contributed by atoms with Gasteiger partial charge in [-0.15, -0.1) is 0 Å². The van der Waals surface area contributed by atoms with E-state index in [0.717, 1.165) is 6.42 Å². The van der Waals surface area contributed by atoms with E-state index in [-0.39, 0.29) is 0 Å². The van der Waals surface area contributed by atoms with Gasteiger partial charge in [0.1, 0.15) is 5.78 Å². The molecule has 0 atom stereocenters. The van der Waals surface area contributed by atoms with Crippen molar-refractivity contribution >= 4 is 5.78 Å². The van der Waals surface area contributed by atoms with Crippen molar-refractivity contribution in [1.82, 2.24) is 0 Å². The minimum atomic E-state index is 0.419. The standard InChI is InChI=1S/C15H20O/c1-11-5-3-6-12(2)15(11)10-14(16)9-13-7-4-8-13/h3,5-6,13H,4,7-10H2,1-2H3. The molecule has 1 aromatic rings. The molecular formula is C15H20O. The number of hydrogen-bond acceptors (Lipinski definition) is 1. The lowest BCUT2D eigenvalue weighted by atomic mass is 9.81. The molecule has 1 fully saturated rings. The van der Waals surface area contributed by atoms with Crippen LogP contribution in [0.5, 0.6) is 0 Å². The predicted molar refractivity (Wildman–Crippen MR) is 66.6 cm³/mol. The molecule has 16 heavy (non-hydrogen) atoms. The van der Waals surface area contributed by atoms with E-state index in [2.05, 4.69) is 32.0 Å². The van der Waals surface area contributed by atoms with Gasteiger partial charge in [0.2, 0.25) is 0 Å². The third-order valence-electron chi connectivity index (χ3n) is 3.76. The molecule has 0 aromatic heterocycles. The summed E-state index contributed by atoms with van der Waals surface area (Å²) in [6, 6.07) is 6.25. The molecule has 0 unspecified atom stereocenters. The largest absolute Gasteiger partial charge is 0.299 e. The molecule has 0 saturated heterocycles. The fraction of sp³-hybridized carbons (Fsp3) is 0.533. The highest BCUT2D eigenvalue weighted by Gasteiger charge is 2.21. The number of carbonyl (C=O) groups excluding carboxylic acids is 1. The minimum absolute atomic E-state index is 0.419. The number of aryl methyl sites for hydroxylation is 2. The summed E-state index contributed by atoms with van der Waals surface area (Å²) in [5.74, 6) is 1.11. The summed E-state index contributed by atoms with van der Waals surface area (Å²) in [6.45, 7) is 4.19. The van der Waals surface area contributed by atoms with Crippen LogP contribution in [-0.4, -0.2) is 5.78 Å². The minimum Gasteiger partial charge on any atom is -0.299 e. The number of rotatable bonds is 4. The van der Waals surface area contributed by atoms with Gasteiger partial charge < -0.3 is 0 Å². The van der Waals surface area contributed by atoms with Crippen molar-refractivity contribution in [2.24, 2.45) is 5.92 Å². The van der Waals surface area contributed by atoms with Gasteiger partial charge in [0.05, 0.1) is 0 Å². The normalized spacial score (nSPS) is 15.9. The van der Waals surface area contributed by atoms with E-state index in [4.69, 9.17) is 0 Å². The van der Waals surface area contributed by atoms with Crippen LogP contribution in [0.4, 0.5) is 0 Å². The average Bonchev–Trinajstić information content (AvgIpc) is 2.18. The first-order valence-electron chi connectivity index (χ1n) is 6.23. The summed E-state index contributed by atoms with van der Waals surface area (Å²) in [5, 5.41) is 0. The molecular weight excluding hydrogens is 196 g/mol. The fourth-order valence-electron chi connectivity index (χ4n) is 2.42. The van der Waals surface area contributed by atoms with Gasteiger partial charge in [0, 0.05) is 12.8 Å². The number of hydrogen-bond donors (Lipinski definition) is 0. The van der Waals surface area contributed by atoms with Crippen LogP contribution in [0.2, 0.25) is 0 Å². The van der Waals surface area contributed by atoms with Crippen LogP contribution < -0.4 is 0 Å². The monoisotopic (exact) mass is 216 g/mol. The molecule has 1 nitrogen and oxygen atoms in total. The van der Waals surface area contributed by atoms with Crippen LogP contribution >= 0.6 is 0 Å². The van der Waals surface area contributed by atoms with Crippen molar-refractivity contribution in [3.05, 3.63) is 34.9 Å². The second-order valence-corrected chi connectivity index (χ2v) is 5.09. The zero-order chi connectivity index (χ0) is 11.5. The Morgan fingerprint density at radius 3 is 2.38 bits per heavy atom. The number of Topliss-reactive ketones (excluding diaryl/α,β-unsaturated/α-hetero) is 1. The van der Waals surface area contributed by atoms with E-state index in [1.54, 1.807) is 0 Å². The first kappa shape index (κ1) is 11.4. The van der Waals surface area contributed by atoms with Crippen molar-refractivity contribution in [3.63, 3.8) is 0 Å². The molecule has 0 bridgehead atoms. The van der Waals surface area contributed by atoms with E-state index < -0.39 is 0 Å². The lowest BCUT2D eigenvalue weighted by molar-refractivity contribution is -0.119. The van der Waals surface area contributed by atoms with Crippen LogP contribution in [0, 0.1) is 19.8 Å². The molecule has 0 aliphatic heterocycles. The van der Waals surface area contributed by atoms with Crippen molar-refractivity contribution in [2.75, 3.05) is 0 Å². The quantitative estimate of drug-likeness (QED) is 0.751. The van der Waals surface area contributed by atoms with Crippen LogP contribution in [0.25, 0.3) is 0 Å². The smallest absolute Gasteiger partial charge is 0.137 e. The van der Waals surface area contributed by atoms with Crippen LogP contribution in [0.15, 0.2) is 18.2 Å². The molecule has 1 aromatic carbocycles. The Kier molecular flexibility index (Phi) is 3.42. The molecule has 0 radical (unpaired) electrons. The molecule has 1 aliphatic carbocycles. The molecule has 1 heteroatoms. The van der Waals surface area contributed by atoms with E-state index in [1.807, 2.05) is 0 Å². The van der Waals surface area contributed by atoms with Gasteiger partial charge in [-0.25, -0.2) is 0 Å². The Labute approximate surface area is 97.9 Å². The van der Waals surface area contributed by atoms with Crippen LogP contribution in [-0.2, 0) is 11.2 Å². The number of carbonyl (C=O) groups is 1. The maximum Gasteiger partial charge on any atom is 0.137 e. The summed E-state index contributed by atoms with van der Waals surface area (Å²) >= 11 is 0. The lowest BCUT2D eigenvalue weighted by Gasteiger charge is -2.24. The van der Waals surface area contributed by atoms with Gasteiger partial charge in [-0.3, -0.25) is 4.79 Å². The maximum absolute atomic E-state index is 11.9. The van der Waals surface area contributed by atoms with Gasteiger partial charge >= 0.3 is 0 Å². The van der Waals surface area contributed by atoms with E-state index >= 15 is 0 Å². The molecule has 1 saturated carbocycles. The Morgan fingerprint density at radius 2 is 1.88 bits per heavy atom. The topological polar surface area (TPSA) is 17.1 Å². The summed E-state index contributed by atoms with van der Waals surface area (Å²) in [7, 11) is 0. The third kappa shape index (κ3) is 2.52. The fourth-order valence-corrected chi connectivity index (χ4v) is 2.42. The highest BCUT2D eigenvalue weighted by molar-refractivity contribution is 5.81. The highest BCUT2D eigenvalue weighted by atomic mass is 16.1. The van der Waals surface area contributed by atoms with Crippen molar-refractivity contribution in [2.45, 2.75) is 46.0 Å². The lowest BCUT2D eigenvalue weighted by Crippen LogP contribution is -2.17. The van der Waals surface area contributed by atoms with Crippen LogP contribution in [0.3, 0.4) is 0 Å². The molecule has 0 heterocycles. The van der Waals surface area contributed by atoms with Crippen molar-refractivity contribution in [1.29, 1.82) is 0 Å². The molecule has 1 aliphatic rings. The average molecular weight is 216 g/mol. The second-order valence-electron chi connectivity index (χ2n) is 5.09. The summed E-state index contributed by atoms with van der Waals surface area (Å²) < 4.78 is 0. The SMILES string of the molecule is Cc1cccc(C)c1CC(=O)CC1CCC1. The van der Waals surface area contributed by atoms with Gasteiger partial charge in [0.15, 0.2) is 0 Å². The summed E-state index contributed by atoms with van der Waals surface area (Å²) in [5.41, 5.74) is 3.75. The first-order valence-corrected chi connectivity index (χ1v) is 6.23. The maximum atomic E-state index is 11.9. The number of ketones is 1.